The number of carboxylic acids is 1. The molecule has 21 heavy (non-hydrogen) atoms. The first-order valence-corrected chi connectivity index (χ1v) is 6.86. The number of halogens is 2. The summed E-state index contributed by atoms with van der Waals surface area (Å²) < 4.78 is 25.1. The molecule has 0 radical (unpaired) electrons. The average molecular weight is 310 g/mol. The molecule has 110 valence electrons. The van der Waals surface area contributed by atoms with Crippen LogP contribution in [0, 0.1) is 6.92 Å². The molecule has 2 rings (SSSR count). The predicted molar refractivity (Wildman–Crippen MR) is 77.5 cm³/mol. The van der Waals surface area contributed by atoms with Crippen LogP contribution in [0.25, 0.3) is 0 Å². The van der Waals surface area contributed by atoms with Crippen LogP contribution in [-0.2, 0) is 0 Å². The molecule has 0 aliphatic carbocycles. The number of benzene rings is 1. The van der Waals surface area contributed by atoms with Gasteiger partial charge in [0, 0.05) is 16.8 Å². The minimum atomic E-state index is -2.55. The summed E-state index contributed by atoms with van der Waals surface area (Å²) in [6.07, 6.45) is 1.24. The van der Waals surface area contributed by atoms with Crippen LogP contribution in [0.3, 0.4) is 0 Å². The first-order chi connectivity index (χ1) is 9.97. The number of carboxylic acid groups (broad SMARTS) is 1. The third-order valence-electron chi connectivity index (χ3n) is 2.64. The molecule has 2 aromatic rings. The Morgan fingerprint density at radius 1 is 1.33 bits per heavy atom. The quantitative estimate of drug-likeness (QED) is 0.812. The minimum Gasteiger partial charge on any atom is -0.478 e. The van der Waals surface area contributed by atoms with Crippen molar-refractivity contribution < 1.29 is 18.7 Å². The molecule has 0 amide bonds. The van der Waals surface area contributed by atoms with E-state index in [2.05, 4.69) is 10.3 Å². The Labute approximate surface area is 124 Å². The second-order valence-electron chi connectivity index (χ2n) is 4.18. The van der Waals surface area contributed by atoms with Crippen molar-refractivity contribution in [3.63, 3.8) is 0 Å². The lowest BCUT2D eigenvalue weighted by molar-refractivity contribution is 0.0697. The summed E-state index contributed by atoms with van der Waals surface area (Å²) in [7, 11) is 0. The Morgan fingerprint density at radius 2 is 2.05 bits per heavy atom. The van der Waals surface area contributed by atoms with Gasteiger partial charge in [0.25, 0.3) is 5.76 Å². The normalized spacial score (nSPS) is 10.7. The van der Waals surface area contributed by atoms with E-state index < -0.39 is 11.7 Å². The van der Waals surface area contributed by atoms with Crippen LogP contribution in [0.2, 0.25) is 0 Å². The zero-order chi connectivity index (χ0) is 15.4. The van der Waals surface area contributed by atoms with Gasteiger partial charge in [-0.05, 0) is 25.1 Å². The zero-order valence-electron chi connectivity index (χ0n) is 11.0. The van der Waals surface area contributed by atoms with E-state index in [0.29, 0.717) is 33.7 Å². The lowest BCUT2D eigenvalue weighted by Gasteiger charge is -2.13. The van der Waals surface area contributed by atoms with Crippen LogP contribution in [0.1, 0.15) is 16.1 Å². The Morgan fingerprint density at radius 3 is 2.71 bits per heavy atom. The van der Waals surface area contributed by atoms with Crippen molar-refractivity contribution in [1.82, 2.24) is 4.98 Å². The minimum absolute atomic E-state index is 0.0162. The summed E-state index contributed by atoms with van der Waals surface area (Å²) in [5.74, 6) is -3.69. The second kappa shape index (κ2) is 6.53. The van der Waals surface area contributed by atoms with Gasteiger partial charge in [0.2, 0.25) is 0 Å². The third kappa shape index (κ3) is 3.91. The van der Waals surface area contributed by atoms with E-state index in [1.807, 2.05) is 0 Å². The monoisotopic (exact) mass is 310 g/mol. The SMILES string of the molecule is Cc1cc(Nc2ccccc2SC(F)F)c(C(=O)O)cn1. The van der Waals surface area contributed by atoms with Crippen molar-refractivity contribution in [1.29, 1.82) is 0 Å². The lowest BCUT2D eigenvalue weighted by atomic mass is 10.2. The Kier molecular flexibility index (Phi) is 4.74. The zero-order valence-corrected chi connectivity index (χ0v) is 11.8. The van der Waals surface area contributed by atoms with Gasteiger partial charge in [-0.3, -0.25) is 4.98 Å². The standard InChI is InChI=1S/C14H12F2N2O2S/c1-8-6-11(9(7-17-8)13(19)20)18-10-4-2-3-5-12(10)21-14(15)16/h2-7,14H,1H3,(H,17,18)(H,19,20). The Hall–Kier alpha value is -2.15. The molecule has 2 N–H and O–H groups in total. The maximum absolute atomic E-state index is 12.5. The summed E-state index contributed by atoms with van der Waals surface area (Å²) in [4.78, 5) is 15.5. The van der Waals surface area contributed by atoms with Crippen LogP contribution in [0.15, 0.2) is 41.4 Å². The van der Waals surface area contributed by atoms with E-state index in [1.54, 1.807) is 37.3 Å². The van der Waals surface area contributed by atoms with Gasteiger partial charge in [0.15, 0.2) is 0 Å². The Bertz CT molecular complexity index is 665. The van der Waals surface area contributed by atoms with Crippen LogP contribution < -0.4 is 5.32 Å². The molecule has 0 bridgehead atoms. The van der Waals surface area contributed by atoms with E-state index in [-0.39, 0.29) is 5.56 Å². The fourth-order valence-electron chi connectivity index (χ4n) is 1.75. The third-order valence-corrected chi connectivity index (χ3v) is 3.43. The van der Waals surface area contributed by atoms with E-state index in [1.165, 1.54) is 6.20 Å². The van der Waals surface area contributed by atoms with E-state index in [9.17, 15) is 13.6 Å². The fraction of sp³-hybridized carbons (Fsp3) is 0.143. The van der Waals surface area contributed by atoms with Crippen molar-refractivity contribution >= 4 is 29.1 Å². The number of hydrogen-bond donors (Lipinski definition) is 2. The molecule has 0 aliphatic rings. The maximum Gasteiger partial charge on any atom is 0.339 e. The smallest absolute Gasteiger partial charge is 0.339 e. The maximum atomic E-state index is 12.5. The van der Waals surface area contributed by atoms with Gasteiger partial charge in [-0.15, -0.1) is 0 Å². The molecule has 0 unspecified atom stereocenters. The summed E-state index contributed by atoms with van der Waals surface area (Å²) in [5, 5.41) is 12.0. The molecule has 1 heterocycles. The van der Waals surface area contributed by atoms with E-state index >= 15 is 0 Å². The van der Waals surface area contributed by atoms with E-state index in [4.69, 9.17) is 5.11 Å². The van der Waals surface area contributed by atoms with Crippen LogP contribution in [0.4, 0.5) is 20.2 Å². The molecule has 0 aliphatic heterocycles. The van der Waals surface area contributed by atoms with Gasteiger partial charge in [0.05, 0.1) is 11.4 Å². The van der Waals surface area contributed by atoms with Gasteiger partial charge >= 0.3 is 5.97 Å². The highest BCUT2D eigenvalue weighted by molar-refractivity contribution is 7.99. The Balaban J connectivity index is 2.38. The highest BCUT2D eigenvalue weighted by Crippen LogP contribution is 2.34. The summed E-state index contributed by atoms with van der Waals surface area (Å²) in [6, 6.07) is 8.06. The summed E-state index contributed by atoms with van der Waals surface area (Å²) in [6.45, 7) is 1.72. The summed E-state index contributed by atoms with van der Waals surface area (Å²) >= 11 is 0.404. The average Bonchev–Trinajstić information content (AvgIpc) is 2.40. The number of thioether (sulfide) groups is 1. The van der Waals surface area contributed by atoms with Gasteiger partial charge < -0.3 is 10.4 Å². The molecule has 1 aromatic carbocycles. The van der Waals surface area contributed by atoms with Crippen LogP contribution in [0.5, 0.6) is 0 Å². The number of alkyl halides is 2. The van der Waals surface area contributed by atoms with Gasteiger partial charge in [-0.1, -0.05) is 23.9 Å². The number of pyridine rings is 1. The predicted octanol–water partition coefficient (Wildman–Crippen LogP) is 4.15. The van der Waals surface area contributed by atoms with Gasteiger partial charge in [-0.2, -0.15) is 8.78 Å². The molecule has 1 aromatic heterocycles. The number of nitrogens with zero attached hydrogens (tertiary/aromatic N) is 1. The molecule has 7 heteroatoms. The molecule has 0 atom stereocenters. The molecular formula is C14H12F2N2O2S. The topological polar surface area (TPSA) is 62.2 Å². The highest BCUT2D eigenvalue weighted by atomic mass is 32.2. The second-order valence-corrected chi connectivity index (χ2v) is 5.21. The molecule has 0 saturated carbocycles. The molecule has 0 fully saturated rings. The van der Waals surface area contributed by atoms with Crippen molar-refractivity contribution in [2.45, 2.75) is 17.6 Å². The number of anilines is 2. The number of aromatic carboxylic acids is 1. The molecule has 4 nitrogen and oxygen atoms in total. The highest BCUT2D eigenvalue weighted by Gasteiger charge is 2.14. The van der Waals surface area contributed by atoms with Crippen molar-refractivity contribution in [2.75, 3.05) is 5.32 Å². The number of aryl methyl sites for hydroxylation is 1. The van der Waals surface area contributed by atoms with Crippen molar-refractivity contribution in [3.8, 4) is 0 Å². The molecule has 0 saturated heterocycles. The lowest BCUT2D eigenvalue weighted by Crippen LogP contribution is -2.05. The van der Waals surface area contributed by atoms with Crippen molar-refractivity contribution in [3.05, 3.63) is 47.8 Å². The van der Waals surface area contributed by atoms with Crippen molar-refractivity contribution in [2.24, 2.45) is 0 Å². The number of hydrogen-bond acceptors (Lipinski definition) is 4. The number of para-hydroxylation sites is 1. The molecule has 0 spiro atoms. The first kappa shape index (κ1) is 15.2. The van der Waals surface area contributed by atoms with Gasteiger partial charge in [0.1, 0.15) is 5.56 Å². The number of carbonyl (C=O) groups is 1. The first-order valence-electron chi connectivity index (χ1n) is 5.98. The van der Waals surface area contributed by atoms with Gasteiger partial charge in [-0.25, -0.2) is 4.79 Å². The van der Waals surface area contributed by atoms with E-state index in [0.717, 1.165) is 0 Å². The number of nitrogens with one attached hydrogen (secondary N) is 1. The summed E-state index contributed by atoms with van der Waals surface area (Å²) in [5.41, 5.74) is 1.35. The van der Waals surface area contributed by atoms with Crippen LogP contribution >= 0.6 is 11.8 Å². The largest absolute Gasteiger partial charge is 0.478 e. The number of rotatable bonds is 5. The number of aromatic nitrogens is 1. The fourth-order valence-corrected chi connectivity index (χ4v) is 2.34. The molecular weight excluding hydrogens is 298 g/mol. The van der Waals surface area contributed by atoms with Crippen LogP contribution in [-0.4, -0.2) is 21.8 Å².